The second kappa shape index (κ2) is 7.65. The topological polar surface area (TPSA) is 66.5 Å². The summed E-state index contributed by atoms with van der Waals surface area (Å²) in [6.45, 7) is 3.61. The minimum absolute atomic E-state index is 0.189. The number of nitrogens with one attached hydrogen (secondary N) is 1. The lowest BCUT2D eigenvalue weighted by molar-refractivity contribution is -0.122. The monoisotopic (exact) mass is 364 g/mol. The van der Waals surface area contributed by atoms with E-state index in [1.165, 1.54) is 19.1 Å². The standard InChI is InChI=1S/C18H21FN2O3S/c1-13-4-10-17(11-5-13)21(25(3,23)24)14(2)18(22)20-12-15-6-8-16(19)9-7-15/h4-11,14H,12H2,1-3H3,(H,20,22)/t14-/m0/s1. The predicted octanol–water partition coefficient (Wildman–Crippen LogP) is 2.61. The summed E-state index contributed by atoms with van der Waals surface area (Å²) in [4.78, 5) is 12.4. The predicted molar refractivity (Wildman–Crippen MR) is 96.2 cm³/mol. The Morgan fingerprint density at radius 1 is 1.12 bits per heavy atom. The average molecular weight is 364 g/mol. The van der Waals surface area contributed by atoms with Crippen molar-refractivity contribution >= 4 is 21.6 Å². The van der Waals surface area contributed by atoms with Crippen LogP contribution in [0.4, 0.5) is 10.1 Å². The van der Waals surface area contributed by atoms with Crippen LogP contribution in [0.1, 0.15) is 18.1 Å². The van der Waals surface area contributed by atoms with Gasteiger partial charge >= 0.3 is 0 Å². The Morgan fingerprint density at radius 3 is 2.20 bits per heavy atom. The third-order valence-corrected chi connectivity index (χ3v) is 5.00. The molecule has 0 bridgehead atoms. The van der Waals surface area contributed by atoms with Crippen LogP contribution in [0.3, 0.4) is 0 Å². The molecular weight excluding hydrogens is 343 g/mol. The number of halogens is 1. The number of sulfonamides is 1. The van der Waals surface area contributed by atoms with E-state index >= 15 is 0 Å². The third-order valence-electron chi connectivity index (χ3n) is 3.76. The number of carbonyl (C=O) groups is 1. The smallest absolute Gasteiger partial charge is 0.243 e. The largest absolute Gasteiger partial charge is 0.350 e. The maximum atomic E-state index is 12.9. The summed E-state index contributed by atoms with van der Waals surface area (Å²) >= 11 is 0. The van der Waals surface area contributed by atoms with E-state index in [9.17, 15) is 17.6 Å². The van der Waals surface area contributed by atoms with Crippen molar-refractivity contribution < 1.29 is 17.6 Å². The zero-order valence-corrected chi connectivity index (χ0v) is 15.2. The lowest BCUT2D eigenvalue weighted by Gasteiger charge is -2.28. The van der Waals surface area contributed by atoms with Crippen LogP contribution in [-0.2, 0) is 21.4 Å². The van der Waals surface area contributed by atoms with Gasteiger partial charge in [0, 0.05) is 6.54 Å². The molecule has 2 aromatic carbocycles. The van der Waals surface area contributed by atoms with Gasteiger partial charge in [-0.05, 0) is 43.7 Å². The van der Waals surface area contributed by atoms with Gasteiger partial charge < -0.3 is 5.32 Å². The molecule has 134 valence electrons. The molecule has 1 atom stereocenters. The fourth-order valence-corrected chi connectivity index (χ4v) is 3.61. The average Bonchev–Trinajstić information content (AvgIpc) is 2.54. The number of anilines is 1. The first-order chi connectivity index (χ1) is 11.7. The maximum absolute atomic E-state index is 12.9. The van der Waals surface area contributed by atoms with Gasteiger partial charge in [0.1, 0.15) is 11.9 Å². The molecule has 0 unspecified atom stereocenters. The molecule has 0 saturated heterocycles. The minimum Gasteiger partial charge on any atom is -0.350 e. The van der Waals surface area contributed by atoms with Gasteiger partial charge in [0.25, 0.3) is 0 Å². The quantitative estimate of drug-likeness (QED) is 0.857. The molecule has 25 heavy (non-hydrogen) atoms. The third kappa shape index (κ3) is 5.03. The van der Waals surface area contributed by atoms with Crippen molar-refractivity contribution in [1.82, 2.24) is 5.32 Å². The van der Waals surface area contributed by atoms with Crippen molar-refractivity contribution in [1.29, 1.82) is 0 Å². The zero-order valence-electron chi connectivity index (χ0n) is 14.4. The molecule has 0 aliphatic carbocycles. The maximum Gasteiger partial charge on any atom is 0.243 e. The molecule has 0 aliphatic heterocycles. The van der Waals surface area contributed by atoms with Crippen molar-refractivity contribution in [2.24, 2.45) is 0 Å². The van der Waals surface area contributed by atoms with Crippen LogP contribution in [-0.4, -0.2) is 26.6 Å². The molecule has 7 heteroatoms. The molecule has 0 radical (unpaired) electrons. The fourth-order valence-electron chi connectivity index (χ4n) is 2.44. The van der Waals surface area contributed by atoms with Gasteiger partial charge in [-0.2, -0.15) is 0 Å². The van der Waals surface area contributed by atoms with E-state index in [-0.39, 0.29) is 12.4 Å². The second-order valence-electron chi connectivity index (χ2n) is 5.91. The molecule has 0 saturated carbocycles. The Labute approximate surface area is 147 Å². The summed E-state index contributed by atoms with van der Waals surface area (Å²) in [7, 11) is -3.64. The first-order valence-corrected chi connectivity index (χ1v) is 9.61. The van der Waals surface area contributed by atoms with Crippen molar-refractivity contribution in [2.45, 2.75) is 26.4 Å². The van der Waals surface area contributed by atoms with Crippen molar-refractivity contribution in [3.63, 3.8) is 0 Å². The molecule has 5 nitrogen and oxygen atoms in total. The van der Waals surface area contributed by atoms with Crippen molar-refractivity contribution in [3.05, 3.63) is 65.5 Å². The highest BCUT2D eigenvalue weighted by molar-refractivity contribution is 7.92. The molecule has 1 amide bonds. The fraction of sp³-hybridized carbons (Fsp3) is 0.278. The van der Waals surface area contributed by atoms with Crippen LogP contribution in [0.25, 0.3) is 0 Å². The summed E-state index contributed by atoms with van der Waals surface area (Å²) in [5, 5.41) is 2.68. The van der Waals surface area contributed by atoms with Gasteiger partial charge in [-0.25, -0.2) is 12.8 Å². The lowest BCUT2D eigenvalue weighted by Crippen LogP contribution is -2.47. The van der Waals surface area contributed by atoms with Crippen molar-refractivity contribution in [2.75, 3.05) is 10.6 Å². The van der Waals surface area contributed by atoms with Gasteiger partial charge in [0.05, 0.1) is 11.9 Å². The van der Waals surface area contributed by atoms with Gasteiger partial charge in [0.2, 0.25) is 15.9 Å². The number of hydrogen-bond donors (Lipinski definition) is 1. The Morgan fingerprint density at radius 2 is 1.68 bits per heavy atom. The number of aryl methyl sites for hydroxylation is 1. The first-order valence-electron chi connectivity index (χ1n) is 7.76. The SMILES string of the molecule is Cc1ccc(N([C@@H](C)C(=O)NCc2ccc(F)cc2)S(C)(=O)=O)cc1. The van der Waals surface area contributed by atoms with Crippen LogP contribution >= 0.6 is 0 Å². The van der Waals surface area contributed by atoms with Crippen molar-refractivity contribution in [3.8, 4) is 0 Å². The molecule has 0 aliphatic rings. The highest BCUT2D eigenvalue weighted by Gasteiger charge is 2.28. The number of nitrogens with zero attached hydrogens (tertiary/aromatic N) is 1. The Bertz CT molecular complexity index is 834. The normalized spacial score (nSPS) is 12.5. The van der Waals surface area contributed by atoms with Crippen LogP contribution in [0.5, 0.6) is 0 Å². The Balaban J connectivity index is 2.15. The molecule has 2 aromatic rings. The Kier molecular flexibility index (Phi) is 5.79. The molecule has 0 heterocycles. The van der Waals surface area contributed by atoms with E-state index in [0.717, 1.165) is 21.7 Å². The highest BCUT2D eigenvalue weighted by Crippen LogP contribution is 2.21. The van der Waals surface area contributed by atoms with Gasteiger partial charge in [-0.1, -0.05) is 29.8 Å². The first kappa shape index (κ1) is 18.9. The number of amides is 1. The highest BCUT2D eigenvalue weighted by atomic mass is 32.2. The molecule has 1 N–H and O–H groups in total. The number of benzene rings is 2. The lowest BCUT2D eigenvalue weighted by atomic mass is 10.2. The number of rotatable bonds is 6. The van der Waals surface area contributed by atoms with Gasteiger partial charge in [-0.15, -0.1) is 0 Å². The van der Waals surface area contributed by atoms with Crippen LogP contribution in [0, 0.1) is 12.7 Å². The Hall–Kier alpha value is -2.41. The molecule has 0 spiro atoms. The van der Waals surface area contributed by atoms with Gasteiger partial charge in [0.15, 0.2) is 0 Å². The molecular formula is C18H21FN2O3S. The zero-order chi connectivity index (χ0) is 18.6. The van der Waals surface area contributed by atoms with E-state index in [4.69, 9.17) is 0 Å². The van der Waals surface area contributed by atoms with E-state index in [0.29, 0.717) is 5.69 Å². The summed E-state index contributed by atoms with van der Waals surface area (Å²) < 4.78 is 38.4. The van der Waals surface area contributed by atoms with E-state index < -0.39 is 22.0 Å². The number of carbonyl (C=O) groups excluding carboxylic acids is 1. The van der Waals surface area contributed by atoms with Crippen LogP contribution in [0.15, 0.2) is 48.5 Å². The summed E-state index contributed by atoms with van der Waals surface area (Å²) in [6, 6.07) is 11.7. The summed E-state index contributed by atoms with van der Waals surface area (Å²) in [5.41, 5.74) is 2.14. The van der Waals surface area contributed by atoms with E-state index in [1.54, 1.807) is 36.4 Å². The van der Waals surface area contributed by atoms with E-state index in [2.05, 4.69) is 5.32 Å². The molecule has 2 rings (SSSR count). The summed E-state index contributed by atoms with van der Waals surface area (Å²) in [5.74, 6) is -0.790. The van der Waals surface area contributed by atoms with E-state index in [1.807, 2.05) is 6.92 Å². The van der Waals surface area contributed by atoms with Gasteiger partial charge in [-0.3, -0.25) is 9.10 Å². The molecule has 0 fully saturated rings. The minimum atomic E-state index is -3.64. The van der Waals surface area contributed by atoms with Crippen LogP contribution < -0.4 is 9.62 Å². The summed E-state index contributed by atoms with van der Waals surface area (Å²) in [6.07, 6.45) is 1.07. The number of hydrogen-bond acceptors (Lipinski definition) is 3. The second-order valence-corrected chi connectivity index (χ2v) is 7.77. The molecule has 0 aromatic heterocycles. The van der Waals surface area contributed by atoms with Crippen LogP contribution in [0.2, 0.25) is 0 Å².